The molecule has 3 aromatic rings. The molecule has 0 radical (unpaired) electrons. The lowest BCUT2D eigenvalue weighted by molar-refractivity contribution is -0.384. The highest BCUT2D eigenvalue weighted by molar-refractivity contribution is 6.04. The molecular weight excluding hydrogens is 405 g/mol. The van der Waals surface area contributed by atoms with Crippen molar-refractivity contribution in [3.63, 3.8) is 0 Å². The molecule has 0 fully saturated rings. The van der Waals surface area contributed by atoms with Gasteiger partial charge in [0.15, 0.2) is 6.61 Å². The number of ether oxygens (including phenoxy) is 1. The lowest BCUT2D eigenvalue weighted by atomic mass is 10.1. The minimum absolute atomic E-state index is 0.0665. The second-order valence-electron chi connectivity index (χ2n) is 6.48. The van der Waals surface area contributed by atoms with Crippen molar-refractivity contribution in [3.05, 3.63) is 99.9 Å². The Morgan fingerprint density at radius 3 is 2.39 bits per heavy atom. The van der Waals surface area contributed by atoms with E-state index in [1.807, 2.05) is 0 Å². The number of rotatable bonds is 8. The molecule has 0 aromatic heterocycles. The first-order valence-electron chi connectivity index (χ1n) is 9.20. The number of benzene rings is 3. The minimum atomic E-state index is -0.521. The van der Waals surface area contributed by atoms with Gasteiger partial charge in [-0.25, -0.2) is 4.39 Å². The van der Waals surface area contributed by atoms with Gasteiger partial charge in [-0.05, 0) is 54.1 Å². The maximum atomic E-state index is 13.0. The number of anilines is 1. The molecule has 0 unspecified atom stereocenters. The van der Waals surface area contributed by atoms with Gasteiger partial charge in [0.2, 0.25) is 0 Å². The van der Waals surface area contributed by atoms with E-state index in [-0.39, 0.29) is 30.7 Å². The van der Waals surface area contributed by atoms with Crippen molar-refractivity contribution in [3.8, 4) is 5.75 Å². The molecule has 3 aromatic carbocycles. The summed E-state index contributed by atoms with van der Waals surface area (Å²) < 4.78 is 18.3. The zero-order valence-corrected chi connectivity index (χ0v) is 16.2. The Morgan fingerprint density at radius 1 is 1.00 bits per heavy atom. The Hall–Kier alpha value is -4.27. The molecule has 0 aliphatic heterocycles. The highest BCUT2D eigenvalue weighted by atomic mass is 19.1. The van der Waals surface area contributed by atoms with Gasteiger partial charge in [-0.15, -0.1) is 0 Å². The van der Waals surface area contributed by atoms with Crippen LogP contribution < -0.4 is 15.4 Å². The fourth-order valence-electron chi connectivity index (χ4n) is 2.63. The van der Waals surface area contributed by atoms with Crippen molar-refractivity contribution >= 4 is 23.2 Å². The van der Waals surface area contributed by atoms with E-state index in [1.165, 1.54) is 48.5 Å². The van der Waals surface area contributed by atoms with Crippen LogP contribution >= 0.6 is 0 Å². The summed E-state index contributed by atoms with van der Waals surface area (Å²) in [7, 11) is 0. The first-order chi connectivity index (χ1) is 14.9. The molecule has 8 nitrogen and oxygen atoms in total. The summed E-state index contributed by atoms with van der Waals surface area (Å²) in [4.78, 5) is 34.3. The number of nitro benzene ring substituents is 1. The summed E-state index contributed by atoms with van der Waals surface area (Å²) in [6.07, 6.45) is 0. The predicted molar refractivity (Wildman–Crippen MR) is 111 cm³/mol. The molecule has 9 heteroatoms. The number of amides is 2. The fourth-order valence-corrected chi connectivity index (χ4v) is 2.63. The van der Waals surface area contributed by atoms with Crippen LogP contribution in [0.3, 0.4) is 0 Å². The Bertz CT molecular complexity index is 1090. The van der Waals surface area contributed by atoms with E-state index in [4.69, 9.17) is 4.74 Å². The molecule has 158 valence electrons. The van der Waals surface area contributed by atoms with Crippen LogP contribution in [0.25, 0.3) is 0 Å². The third-order valence-electron chi connectivity index (χ3n) is 4.20. The molecular formula is C22H18FN3O5. The highest BCUT2D eigenvalue weighted by Gasteiger charge is 2.09. The quantitative estimate of drug-likeness (QED) is 0.424. The molecule has 0 bridgehead atoms. The van der Waals surface area contributed by atoms with E-state index < -0.39 is 10.7 Å². The zero-order chi connectivity index (χ0) is 22.2. The van der Waals surface area contributed by atoms with Crippen LogP contribution in [0.5, 0.6) is 5.75 Å². The monoisotopic (exact) mass is 423 g/mol. The van der Waals surface area contributed by atoms with Gasteiger partial charge in [-0.1, -0.05) is 12.1 Å². The van der Waals surface area contributed by atoms with Crippen molar-refractivity contribution in [2.75, 3.05) is 11.9 Å². The Labute approximate surface area is 176 Å². The molecule has 2 N–H and O–H groups in total. The SMILES string of the molecule is O=C(COc1ccc([N+](=O)[O-])cc1)NCc1cccc(NC(=O)c2ccc(F)cc2)c1. The maximum absolute atomic E-state index is 13.0. The molecule has 3 rings (SSSR count). The average Bonchev–Trinajstić information content (AvgIpc) is 2.77. The van der Waals surface area contributed by atoms with Crippen LogP contribution in [0.2, 0.25) is 0 Å². The summed E-state index contributed by atoms with van der Waals surface area (Å²) in [5.74, 6) is -0.838. The van der Waals surface area contributed by atoms with Crippen molar-refractivity contribution in [1.82, 2.24) is 5.32 Å². The number of non-ortho nitro benzene ring substituents is 1. The number of carbonyl (C=O) groups is 2. The van der Waals surface area contributed by atoms with Crippen LogP contribution in [-0.4, -0.2) is 23.3 Å². The third kappa shape index (κ3) is 6.36. The van der Waals surface area contributed by atoms with Crippen molar-refractivity contribution < 1.29 is 23.6 Å². The molecule has 0 atom stereocenters. The molecule has 2 amide bonds. The highest BCUT2D eigenvalue weighted by Crippen LogP contribution is 2.17. The molecule has 0 heterocycles. The lowest BCUT2D eigenvalue weighted by Crippen LogP contribution is -2.28. The second kappa shape index (κ2) is 9.97. The third-order valence-corrected chi connectivity index (χ3v) is 4.20. The Balaban J connectivity index is 1.49. The largest absolute Gasteiger partial charge is 0.484 e. The molecule has 31 heavy (non-hydrogen) atoms. The number of nitrogens with one attached hydrogen (secondary N) is 2. The topological polar surface area (TPSA) is 111 Å². The molecule has 0 saturated heterocycles. The van der Waals surface area contributed by atoms with Gasteiger partial charge in [0.25, 0.3) is 17.5 Å². The average molecular weight is 423 g/mol. The predicted octanol–water partition coefficient (Wildman–Crippen LogP) is 3.68. The number of carbonyl (C=O) groups excluding carboxylic acids is 2. The lowest BCUT2D eigenvalue weighted by Gasteiger charge is -2.10. The maximum Gasteiger partial charge on any atom is 0.269 e. The van der Waals surface area contributed by atoms with E-state index in [0.29, 0.717) is 17.0 Å². The smallest absolute Gasteiger partial charge is 0.269 e. The Morgan fingerprint density at radius 2 is 1.71 bits per heavy atom. The van der Waals surface area contributed by atoms with Crippen LogP contribution in [0, 0.1) is 15.9 Å². The second-order valence-corrected chi connectivity index (χ2v) is 6.48. The number of nitrogens with zero attached hydrogens (tertiary/aromatic N) is 1. The molecule has 0 aliphatic carbocycles. The van der Waals surface area contributed by atoms with Gasteiger partial charge in [-0.2, -0.15) is 0 Å². The van der Waals surface area contributed by atoms with Crippen LogP contribution in [0.15, 0.2) is 72.8 Å². The Kier molecular flexibility index (Phi) is 6.89. The number of hydrogen-bond donors (Lipinski definition) is 2. The number of nitro groups is 1. The van der Waals surface area contributed by atoms with Gasteiger partial charge >= 0.3 is 0 Å². The van der Waals surface area contributed by atoms with E-state index in [2.05, 4.69) is 10.6 Å². The van der Waals surface area contributed by atoms with Gasteiger partial charge in [0.1, 0.15) is 11.6 Å². The fraction of sp³-hybridized carbons (Fsp3) is 0.0909. The van der Waals surface area contributed by atoms with E-state index >= 15 is 0 Å². The van der Waals surface area contributed by atoms with Gasteiger partial charge < -0.3 is 15.4 Å². The molecule has 0 saturated carbocycles. The minimum Gasteiger partial charge on any atom is -0.484 e. The summed E-state index contributed by atoms with van der Waals surface area (Å²) in [6, 6.07) is 17.5. The van der Waals surface area contributed by atoms with Crippen LogP contribution in [0.1, 0.15) is 15.9 Å². The first kappa shape index (κ1) is 21.4. The molecule has 0 aliphatic rings. The standard InChI is InChI=1S/C22H18FN3O5/c23-17-6-4-16(5-7-17)22(28)25-18-3-1-2-15(12-18)13-24-21(27)14-31-20-10-8-19(9-11-20)26(29)30/h1-12H,13-14H2,(H,24,27)(H,25,28). The number of hydrogen-bond acceptors (Lipinski definition) is 5. The van der Waals surface area contributed by atoms with E-state index in [9.17, 15) is 24.1 Å². The van der Waals surface area contributed by atoms with Crippen molar-refractivity contribution in [1.29, 1.82) is 0 Å². The van der Waals surface area contributed by atoms with Crippen LogP contribution in [-0.2, 0) is 11.3 Å². The van der Waals surface area contributed by atoms with Gasteiger partial charge in [0, 0.05) is 29.9 Å². The van der Waals surface area contributed by atoms with Gasteiger partial charge in [0.05, 0.1) is 4.92 Å². The van der Waals surface area contributed by atoms with Crippen molar-refractivity contribution in [2.45, 2.75) is 6.54 Å². The zero-order valence-electron chi connectivity index (χ0n) is 16.2. The van der Waals surface area contributed by atoms with Gasteiger partial charge in [-0.3, -0.25) is 19.7 Å². The summed E-state index contributed by atoms with van der Waals surface area (Å²) in [5.41, 5.74) is 1.54. The van der Waals surface area contributed by atoms with E-state index in [1.54, 1.807) is 24.3 Å². The van der Waals surface area contributed by atoms with Crippen LogP contribution in [0.4, 0.5) is 15.8 Å². The summed E-state index contributed by atoms with van der Waals surface area (Å²) >= 11 is 0. The summed E-state index contributed by atoms with van der Waals surface area (Å²) in [5, 5.41) is 16.0. The molecule has 0 spiro atoms. The number of halogens is 1. The summed E-state index contributed by atoms with van der Waals surface area (Å²) in [6.45, 7) is -0.0402. The normalized spacial score (nSPS) is 10.2. The van der Waals surface area contributed by atoms with Crippen molar-refractivity contribution in [2.24, 2.45) is 0 Å². The first-order valence-corrected chi connectivity index (χ1v) is 9.20. The van der Waals surface area contributed by atoms with E-state index in [0.717, 1.165) is 5.56 Å².